The van der Waals surface area contributed by atoms with Crippen molar-refractivity contribution in [1.82, 2.24) is 5.32 Å². The SMILES string of the molecule is COc1c(F)cc(NC(=O)CC(C)C2CCCNC2)cc1F.Cl. The minimum atomic E-state index is -0.831. The number of rotatable bonds is 5. The summed E-state index contributed by atoms with van der Waals surface area (Å²) in [6, 6.07) is 2.12. The summed E-state index contributed by atoms with van der Waals surface area (Å²) in [5.41, 5.74) is 0.106. The number of hydrogen-bond donors (Lipinski definition) is 2. The summed E-state index contributed by atoms with van der Waals surface area (Å²) in [7, 11) is 1.19. The number of anilines is 1. The molecule has 1 aliphatic rings. The Morgan fingerprint density at radius 3 is 2.61 bits per heavy atom. The molecule has 1 aliphatic heterocycles. The van der Waals surface area contributed by atoms with Crippen molar-refractivity contribution in [2.24, 2.45) is 11.8 Å². The first-order valence-corrected chi connectivity index (χ1v) is 7.55. The van der Waals surface area contributed by atoms with Crippen LogP contribution in [0.1, 0.15) is 26.2 Å². The first-order chi connectivity index (χ1) is 10.5. The Hall–Kier alpha value is -1.40. The number of halogens is 3. The Bertz CT molecular complexity index is 514. The highest BCUT2D eigenvalue weighted by Gasteiger charge is 2.22. The van der Waals surface area contributed by atoms with Crippen LogP contribution in [0.3, 0.4) is 0 Å². The largest absolute Gasteiger partial charge is 0.491 e. The van der Waals surface area contributed by atoms with Crippen LogP contribution >= 0.6 is 12.4 Å². The predicted molar refractivity (Wildman–Crippen MR) is 88.2 cm³/mol. The summed E-state index contributed by atoms with van der Waals surface area (Å²) < 4.78 is 31.8. The summed E-state index contributed by atoms with van der Waals surface area (Å²) in [6.45, 7) is 3.98. The van der Waals surface area contributed by atoms with Crippen molar-refractivity contribution in [3.8, 4) is 5.75 Å². The van der Waals surface area contributed by atoms with Crippen LogP contribution in [0.15, 0.2) is 12.1 Å². The maximum atomic E-state index is 13.6. The summed E-state index contributed by atoms with van der Waals surface area (Å²) >= 11 is 0. The monoisotopic (exact) mass is 348 g/mol. The number of piperidine rings is 1. The summed E-state index contributed by atoms with van der Waals surface area (Å²) in [6.07, 6.45) is 2.56. The molecule has 2 N–H and O–H groups in total. The van der Waals surface area contributed by atoms with Crippen molar-refractivity contribution >= 4 is 24.0 Å². The van der Waals surface area contributed by atoms with Crippen molar-refractivity contribution in [3.05, 3.63) is 23.8 Å². The molecule has 2 unspecified atom stereocenters. The molecule has 2 rings (SSSR count). The van der Waals surface area contributed by atoms with Crippen LogP contribution < -0.4 is 15.4 Å². The lowest BCUT2D eigenvalue weighted by molar-refractivity contribution is -0.117. The van der Waals surface area contributed by atoms with Crippen LogP contribution in [0, 0.1) is 23.5 Å². The Kier molecular flexibility index (Phi) is 7.72. The van der Waals surface area contributed by atoms with Gasteiger partial charge in [0.2, 0.25) is 5.91 Å². The molecule has 7 heteroatoms. The van der Waals surface area contributed by atoms with E-state index in [0.717, 1.165) is 38.1 Å². The average molecular weight is 349 g/mol. The number of amides is 1. The lowest BCUT2D eigenvalue weighted by Gasteiger charge is -2.28. The zero-order valence-electron chi connectivity index (χ0n) is 13.3. The van der Waals surface area contributed by atoms with Crippen LogP contribution in [0.4, 0.5) is 14.5 Å². The second-order valence-corrected chi connectivity index (χ2v) is 5.81. The van der Waals surface area contributed by atoms with Gasteiger partial charge in [-0.05, 0) is 37.8 Å². The van der Waals surface area contributed by atoms with E-state index in [2.05, 4.69) is 15.4 Å². The fourth-order valence-corrected chi connectivity index (χ4v) is 2.86. The Balaban J connectivity index is 0.00000264. The number of methoxy groups -OCH3 is 1. The standard InChI is InChI=1S/C16H22F2N2O2.ClH/c1-10(11-4-3-5-19-9-11)6-15(21)20-12-7-13(17)16(22-2)14(18)8-12;/h7-8,10-11,19H,3-6,9H2,1-2H3,(H,20,21);1H. The van der Waals surface area contributed by atoms with Gasteiger partial charge in [0.25, 0.3) is 0 Å². The molecule has 0 saturated carbocycles. The third-order valence-corrected chi connectivity index (χ3v) is 4.13. The number of benzene rings is 1. The highest BCUT2D eigenvalue weighted by Crippen LogP contribution is 2.26. The number of ether oxygens (including phenoxy) is 1. The molecule has 23 heavy (non-hydrogen) atoms. The molecular weight excluding hydrogens is 326 g/mol. The molecule has 1 aromatic carbocycles. The van der Waals surface area contributed by atoms with Gasteiger partial charge in [-0.25, -0.2) is 8.78 Å². The fourth-order valence-electron chi connectivity index (χ4n) is 2.86. The van der Waals surface area contributed by atoms with E-state index >= 15 is 0 Å². The van der Waals surface area contributed by atoms with E-state index in [0.29, 0.717) is 12.3 Å². The summed E-state index contributed by atoms with van der Waals surface area (Å²) in [5.74, 6) is -1.66. The molecule has 2 atom stereocenters. The highest BCUT2D eigenvalue weighted by molar-refractivity contribution is 5.90. The quantitative estimate of drug-likeness (QED) is 0.858. The number of hydrogen-bond acceptors (Lipinski definition) is 3. The summed E-state index contributed by atoms with van der Waals surface area (Å²) in [5, 5.41) is 5.87. The third kappa shape index (κ3) is 5.32. The van der Waals surface area contributed by atoms with E-state index in [1.807, 2.05) is 6.92 Å². The van der Waals surface area contributed by atoms with E-state index in [1.54, 1.807) is 0 Å². The first kappa shape index (κ1) is 19.6. The van der Waals surface area contributed by atoms with Gasteiger partial charge in [-0.15, -0.1) is 12.4 Å². The fraction of sp³-hybridized carbons (Fsp3) is 0.562. The van der Waals surface area contributed by atoms with Gasteiger partial charge in [0.15, 0.2) is 17.4 Å². The van der Waals surface area contributed by atoms with Gasteiger partial charge in [0.05, 0.1) is 7.11 Å². The molecule has 1 fully saturated rings. The van der Waals surface area contributed by atoms with Gasteiger partial charge < -0.3 is 15.4 Å². The molecule has 1 heterocycles. The topological polar surface area (TPSA) is 50.4 Å². The zero-order valence-corrected chi connectivity index (χ0v) is 14.1. The minimum Gasteiger partial charge on any atom is -0.491 e. The third-order valence-electron chi connectivity index (χ3n) is 4.13. The van der Waals surface area contributed by atoms with Crippen LogP contribution in [-0.2, 0) is 4.79 Å². The number of carbonyl (C=O) groups is 1. The maximum Gasteiger partial charge on any atom is 0.224 e. The smallest absolute Gasteiger partial charge is 0.224 e. The van der Waals surface area contributed by atoms with Crippen molar-refractivity contribution in [3.63, 3.8) is 0 Å². The average Bonchev–Trinajstić information content (AvgIpc) is 2.47. The van der Waals surface area contributed by atoms with Gasteiger partial charge in [0, 0.05) is 24.2 Å². The molecular formula is C16H23ClF2N2O2. The lowest BCUT2D eigenvalue weighted by atomic mass is 9.85. The highest BCUT2D eigenvalue weighted by atomic mass is 35.5. The van der Waals surface area contributed by atoms with Crippen molar-refractivity contribution in [1.29, 1.82) is 0 Å². The second kappa shape index (κ2) is 9.03. The molecule has 4 nitrogen and oxygen atoms in total. The van der Waals surface area contributed by atoms with Crippen LogP contribution in [-0.4, -0.2) is 26.1 Å². The van der Waals surface area contributed by atoms with Crippen molar-refractivity contribution in [2.45, 2.75) is 26.2 Å². The normalized spacial score (nSPS) is 18.7. The Labute approximate surface area is 141 Å². The first-order valence-electron chi connectivity index (χ1n) is 7.55. The molecule has 0 bridgehead atoms. The minimum absolute atomic E-state index is 0. The molecule has 0 aliphatic carbocycles. The van der Waals surface area contributed by atoms with Gasteiger partial charge in [-0.3, -0.25) is 4.79 Å². The molecule has 130 valence electrons. The Morgan fingerprint density at radius 1 is 1.43 bits per heavy atom. The van der Waals surface area contributed by atoms with Gasteiger partial charge in [0.1, 0.15) is 0 Å². The van der Waals surface area contributed by atoms with Crippen LogP contribution in [0.5, 0.6) is 5.75 Å². The van der Waals surface area contributed by atoms with Crippen molar-refractivity contribution < 1.29 is 18.3 Å². The number of carbonyl (C=O) groups excluding carboxylic acids is 1. The van der Waals surface area contributed by atoms with Gasteiger partial charge in [-0.2, -0.15) is 0 Å². The summed E-state index contributed by atoms with van der Waals surface area (Å²) in [4.78, 5) is 12.0. The molecule has 0 spiro atoms. The van der Waals surface area contributed by atoms with Gasteiger partial charge in [-0.1, -0.05) is 6.92 Å². The van der Waals surface area contributed by atoms with Crippen LogP contribution in [0.2, 0.25) is 0 Å². The zero-order chi connectivity index (χ0) is 16.1. The predicted octanol–water partition coefficient (Wildman–Crippen LogP) is 3.36. The van der Waals surface area contributed by atoms with Gasteiger partial charge >= 0.3 is 0 Å². The maximum absolute atomic E-state index is 13.6. The molecule has 1 amide bonds. The number of nitrogens with one attached hydrogen (secondary N) is 2. The Morgan fingerprint density at radius 2 is 2.09 bits per heavy atom. The molecule has 0 radical (unpaired) electrons. The van der Waals surface area contributed by atoms with E-state index in [1.165, 1.54) is 7.11 Å². The van der Waals surface area contributed by atoms with Crippen molar-refractivity contribution in [2.75, 3.05) is 25.5 Å². The van der Waals surface area contributed by atoms with E-state index in [-0.39, 0.29) is 29.9 Å². The second-order valence-electron chi connectivity index (χ2n) is 5.81. The molecule has 1 aromatic rings. The van der Waals surface area contributed by atoms with E-state index in [4.69, 9.17) is 0 Å². The van der Waals surface area contributed by atoms with Crippen LogP contribution in [0.25, 0.3) is 0 Å². The molecule has 0 aromatic heterocycles. The van der Waals surface area contributed by atoms with E-state index in [9.17, 15) is 13.6 Å². The lowest BCUT2D eigenvalue weighted by Crippen LogP contribution is -2.34. The van der Waals surface area contributed by atoms with E-state index < -0.39 is 17.4 Å². The molecule has 1 saturated heterocycles.